The fraction of sp³-hybridized carbons (Fsp3) is 0.391. The van der Waals surface area contributed by atoms with Gasteiger partial charge in [0, 0.05) is 43.5 Å². The number of carbonyl (C=O) groups is 2. The van der Waals surface area contributed by atoms with E-state index in [4.69, 9.17) is 4.74 Å². The summed E-state index contributed by atoms with van der Waals surface area (Å²) in [5.74, 6) is 0.468. The van der Waals surface area contributed by atoms with Crippen molar-refractivity contribution in [2.75, 3.05) is 20.2 Å². The van der Waals surface area contributed by atoms with Crippen LogP contribution in [0.5, 0.6) is 5.75 Å². The highest BCUT2D eigenvalue weighted by molar-refractivity contribution is 5.96. The Morgan fingerprint density at radius 2 is 2.09 bits per heavy atom. The lowest BCUT2D eigenvalue weighted by atomic mass is 10.0. The molecule has 0 saturated carbocycles. The number of hydrogen-bond acceptors (Lipinski definition) is 5. The summed E-state index contributed by atoms with van der Waals surface area (Å²) in [5, 5.41) is 11.7. The molecule has 32 heavy (non-hydrogen) atoms. The van der Waals surface area contributed by atoms with Gasteiger partial charge in [-0.25, -0.2) is 0 Å². The van der Waals surface area contributed by atoms with Gasteiger partial charge in [0.25, 0.3) is 11.8 Å². The van der Waals surface area contributed by atoms with E-state index >= 15 is 0 Å². The first-order valence-electron chi connectivity index (χ1n) is 10.8. The third-order valence-electron chi connectivity index (χ3n) is 5.64. The molecule has 3 aromatic rings. The molecule has 1 aromatic carbocycles. The van der Waals surface area contributed by atoms with Gasteiger partial charge in [-0.1, -0.05) is 12.1 Å². The van der Waals surface area contributed by atoms with Crippen molar-refractivity contribution in [3.05, 3.63) is 64.7 Å². The van der Waals surface area contributed by atoms with Crippen LogP contribution >= 0.6 is 0 Å². The van der Waals surface area contributed by atoms with Gasteiger partial charge in [-0.15, -0.1) is 0 Å². The molecule has 2 amide bonds. The topological polar surface area (TPSA) is 94.3 Å². The third-order valence-corrected chi connectivity index (χ3v) is 5.64. The van der Waals surface area contributed by atoms with E-state index in [2.05, 4.69) is 15.5 Å². The van der Waals surface area contributed by atoms with E-state index < -0.39 is 0 Å². The van der Waals surface area contributed by atoms with Gasteiger partial charge in [0.1, 0.15) is 5.75 Å². The molecule has 0 spiro atoms. The average molecular weight is 437 g/mol. The van der Waals surface area contributed by atoms with Crippen LogP contribution in [-0.4, -0.2) is 56.5 Å². The van der Waals surface area contributed by atoms with Gasteiger partial charge < -0.3 is 15.0 Å². The Labute approximate surface area is 187 Å². The molecular formula is C23H28N6O3. The normalized spacial score (nSPS) is 13.0. The highest BCUT2D eigenvalue weighted by Crippen LogP contribution is 2.25. The SMILES string of the molecule is CCNC(=O)c1nn(Cc2cccc(OC)c2)c2c1CN(C(=O)c1cnn(CC)c1)CC2. The summed E-state index contributed by atoms with van der Waals surface area (Å²) in [6.07, 6.45) is 3.98. The summed E-state index contributed by atoms with van der Waals surface area (Å²) in [6.45, 7) is 6.49. The van der Waals surface area contributed by atoms with E-state index in [0.29, 0.717) is 50.4 Å². The highest BCUT2D eigenvalue weighted by Gasteiger charge is 2.30. The van der Waals surface area contributed by atoms with Crippen LogP contribution in [0.15, 0.2) is 36.7 Å². The minimum absolute atomic E-state index is 0.0854. The van der Waals surface area contributed by atoms with E-state index in [-0.39, 0.29) is 11.8 Å². The van der Waals surface area contributed by atoms with Crippen LogP contribution in [0.2, 0.25) is 0 Å². The Morgan fingerprint density at radius 1 is 1.25 bits per heavy atom. The van der Waals surface area contributed by atoms with Crippen molar-refractivity contribution in [2.45, 2.75) is 39.9 Å². The molecule has 0 saturated heterocycles. The lowest BCUT2D eigenvalue weighted by Crippen LogP contribution is -2.37. The average Bonchev–Trinajstić information content (AvgIpc) is 3.44. The molecule has 0 unspecified atom stereocenters. The number of fused-ring (bicyclic) bond motifs is 1. The molecule has 0 fully saturated rings. The van der Waals surface area contributed by atoms with Crippen molar-refractivity contribution in [2.24, 2.45) is 0 Å². The molecule has 4 rings (SSSR count). The second-order valence-corrected chi connectivity index (χ2v) is 7.70. The van der Waals surface area contributed by atoms with Gasteiger partial charge >= 0.3 is 0 Å². The highest BCUT2D eigenvalue weighted by atomic mass is 16.5. The summed E-state index contributed by atoms with van der Waals surface area (Å²) >= 11 is 0. The van der Waals surface area contributed by atoms with Crippen molar-refractivity contribution in [1.82, 2.24) is 29.8 Å². The van der Waals surface area contributed by atoms with Crippen molar-refractivity contribution >= 4 is 11.8 Å². The number of benzene rings is 1. The standard InChI is InChI=1S/C23H28N6O3/c1-4-24-22(30)21-19-15-27(23(31)17-12-25-28(5-2)14-17)10-9-20(19)29(26-21)13-16-7-6-8-18(11-16)32-3/h6-8,11-12,14H,4-5,9-10,13,15H2,1-3H3,(H,24,30). The van der Waals surface area contributed by atoms with Crippen LogP contribution in [0, 0.1) is 0 Å². The van der Waals surface area contributed by atoms with E-state index in [1.165, 1.54) is 0 Å². The van der Waals surface area contributed by atoms with Crippen LogP contribution < -0.4 is 10.1 Å². The number of hydrogen-bond donors (Lipinski definition) is 1. The molecule has 0 radical (unpaired) electrons. The van der Waals surface area contributed by atoms with Gasteiger partial charge in [-0.2, -0.15) is 10.2 Å². The number of rotatable bonds is 7. The first-order valence-corrected chi connectivity index (χ1v) is 10.8. The van der Waals surface area contributed by atoms with Gasteiger partial charge in [0.15, 0.2) is 5.69 Å². The van der Waals surface area contributed by atoms with Crippen LogP contribution in [-0.2, 0) is 26.1 Å². The lowest BCUT2D eigenvalue weighted by Gasteiger charge is -2.27. The minimum Gasteiger partial charge on any atom is -0.497 e. The maximum Gasteiger partial charge on any atom is 0.272 e. The first kappa shape index (κ1) is 21.6. The number of carbonyl (C=O) groups excluding carboxylic acids is 2. The quantitative estimate of drug-likeness (QED) is 0.612. The summed E-state index contributed by atoms with van der Waals surface area (Å²) in [4.78, 5) is 27.6. The number of aromatic nitrogens is 4. The summed E-state index contributed by atoms with van der Waals surface area (Å²) in [6, 6.07) is 7.80. The second kappa shape index (κ2) is 9.25. The largest absolute Gasteiger partial charge is 0.497 e. The predicted octanol–water partition coefficient (Wildman–Crippen LogP) is 2.10. The zero-order valence-electron chi connectivity index (χ0n) is 18.7. The maximum atomic E-state index is 13.0. The lowest BCUT2D eigenvalue weighted by molar-refractivity contribution is 0.0730. The Bertz CT molecular complexity index is 1130. The maximum absolute atomic E-state index is 13.0. The molecular weight excluding hydrogens is 408 g/mol. The molecule has 0 bridgehead atoms. The predicted molar refractivity (Wildman–Crippen MR) is 119 cm³/mol. The van der Waals surface area contributed by atoms with Gasteiger partial charge in [-0.3, -0.25) is 19.0 Å². The van der Waals surface area contributed by atoms with Crippen molar-refractivity contribution < 1.29 is 14.3 Å². The van der Waals surface area contributed by atoms with Crippen LogP contribution in [0.25, 0.3) is 0 Å². The summed E-state index contributed by atoms with van der Waals surface area (Å²) in [7, 11) is 1.64. The number of amides is 2. The molecule has 1 aliphatic rings. The van der Waals surface area contributed by atoms with Crippen LogP contribution in [0.4, 0.5) is 0 Å². The third kappa shape index (κ3) is 4.23. The fourth-order valence-electron chi connectivity index (χ4n) is 3.99. The molecule has 1 aliphatic heterocycles. The number of nitrogens with zero attached hydrogens (tertiary/aromatic N) is 5. The van der Waals surface area contributed by atoms with E-state index in [1.807, 2.05) is 42.8 Å². The monoisotopic (exact) mass is 436 g/mol. The minimum atomic E-state index is -0.221. The Hall–Kier alpha value is -3.62. The summed E-state index contributed by atoms with van der Waals surface area (Å²) in [5.41, 5.74) is 3.76. The number of nitrogens with one attached hydrogen (secondary N) is 1. The van der Waals surface area contributed by atoms with E-state index in [0.717, 1.165) is 22.6 Å². The molecule has 9 nitrogen and oxygen atoms in total. The van der Waals surface area contributed by atoms with Gasteiger partial charge in [0.05, 0.1) is 32.0 Å². The van der Waals surface area contributed by atoms with Crippen LogP contribution in [0.3, 0.4) is 0 Å². The molecule has 168 valence electrons. The Kier molecular flexibility index (Phi) is 6.25. The molecule has 2 aromatic heterocycles. The zero-order chi connectivity index (χ0) is 22.7. The first-order chi connectivity index (χ1) is 15.5. The molecule has 0 atom stereocenters. The van der Waals surface area contributed by atoms with Crippen molar-refractivity contribution in [1.29, 1.82) is 0 Å². The molecule has 0 aliphatic carbocycles. The molecule has 1 N–H and O–H groups in total. The summed E-state index contributed by atoms with van der Waals surface area (Å²) < 4.78 is 8.94. The van der Waals surface area contributed by atoms with Gasteiger partial charge in [-0.05, 0) is 31.5 Å². The van der Waals surface area contributed by atoms with E-state index in [9.17, 15) is 9.59 Å². The van der Waals surface area contributed by atoms with Gasteiger partial charge in [0.2, 0.25) is 0 Å². The Balaban J connectivity index is 1.64. The molecule has 9 heteroatoms. The number of ether oxygens (including phenoxy) is 1. The molecule has 3 heterocycles. The Morgan fingerprint density at radius 3 is 2.81 bits per heavy atom. The zero-order valence-corrected chi connectivity index (χ0v) is 18.7. The van der Waals surface area contributed by atoms with E-state index in [1.54, 1.807) is 29.1 Å². The smallest absolute Gasteiger partial charge is 0.272 e. The van der Waals surface area contributed by atoms with Crippen molar-refractivity contribution in [3.63, 3.8) is 0 Å². The van der Waals surface area contributed by atoms with Crippen molar-refractivity contribution in [3.8, 4) is 5.75 Å². The van der Waals surface area contributed by atoms with Crippen LogP contribution in [0.1, 0.15) is 51.5 Å². The number of methoxy groups -OCH3 is 1. The number of aryl methyl sites for hydroxylation is 1. The second-order valence-electron chi connectivity index (χ2n) is 7.70. The fourth-order valence-corrected chi connectivity index (χ4v) is 3.99.